The second kappa shape index (κ2) is 10.1. The SMILES string of the molecule is C[C@@H]1[C@H](C)CCC[C@H]1NC(=O)[C@@H](C)Sc1nnc([C@@H](C)N(C)C)n1-c1ccc(F)cc1. The van der Waals surface area contributed by atoms with E-state index in [1.807, 2.05) is 37.4 Å². The van der Waals surface area contributed by atoms with Gasteiger partial charge in [0, 0.05) is 11.7 Å². The zero-order chi connectivity index (χ0) is 22.7. The third-order valence-electron chi connectivity index (χ3n) is 6.58. The summed E-state index contributed by atoms with van der Waals surface area (Å²) in [5.74, 6) is 1.58. The number of aromatic nitrogens is 3. The van der Waals surface area contributed by atoms with Crippen LogP contribution in [0.1, 0.15) is 58.8 Å². The summed E-state index contributed by atoms with van der Waals surface area (Å²) in [4.78, 5) is 15.0. The Morgan fingerprint density at radius 2 is 1.87 bits per heavy atom. The van der Waals surface area contributed by atoms with Crippen molar-refractivity contribution in [3.05, 3.63) is 35.9 Å². The number of thioether (sulfide) groups is 1. The summed E-state index contributed by atoms with van der Waals surface area (Å²) in [5, 5.41) is 12.4. The van der Waals surface area contributed by atoms with Gasteiger partial charge in [-0.3, -0.25) is 14.3 Å². The molecule has 1 aliphatic carbocycles. The van der Waals surface area contributed by atoms with Crippen molar-refractivity contribution in [1.29, 1.82) is 0 Å². The van der Waals surface area contributed by atoms with Gasteiger partial charge < -0.3 is 5.32 Å². The van der Waals surface area contributed by atoms with Crippen LogP contribution in [0, 0.1) is 17.7 Å². The minimum absolute atomic E-state index is 0.000566. The Labute approximate surface area is 189 Å². The normalized spacial score (nSPS) is 23.5. The second-order valence-electron chi connectivity index (χ2n) is 8.93. The van der Waals surface area contributed by atoms with E-state index in [2.05, 4.69) is 29.4 Å². The van der Waals surface area contributed by atoms with E-state index in [9.17, 15) is 9.18 Å². The van der Waals surface area contributed by atoms with Crippen LogP contribution < -0.4 is 5.32 Å². The lowest BCUT2D eigenvalue weighted by atomic mass is 9.78. The number of nitrogens with zero attached hydrogens (tertiary/aromatic N) is 4. The first-order valence-electron chi connectivity index (χ1n) is 11.0. The fourth-order valence-corrected chi connectivity index (χ4v) is 4.87. The molecule has 31 heavy (non-hydrogen) atoms. The Kier molecular flexibility index (Phi) is 7.75. The molecule has 1 aromatic heterocycles. The quantitative estimate of drug-likeness (QED) is 0.636. The first-order valence-corrected chi connectivity index (χ1v) is 11.9. The van der Waals surface area contributed by atoms with Crippen LogP contribution in [0.2, 0.25) is 0 Å². The van der Waals surface area contributed by atoms with E-state index in [1.54, 1.807) is 12.1 Å². The largest absolute Gasteiger partial charge is 0.352 e. The highest BCUT2D eigenvalue weighted by Crippen LogP contribution is 2.32. The molecule has 2 aromatic rings. The molecule has 1 N–H and O–H groups in total. The van der Waals surface area contributed by atoms with Crippen LogP contribution in [0.15, 0.2) is 29.4 Å². The van der Waals surface area contributed by atoms with Gasteiger partial charge in [-0.25, -0.2) is 4.39 Å². The van der Waals surface area contributed by atoms with E-state index in [0.29, 0.717) is 17.0 Å². The van der Waals surface area contributed by atoms with Gasteiger partial charge in [-0.05, 0) is 70.5 Å². The molecule has 6 nitrogen and oxygen atoms in total. The second-order valence-corrected chi connectivity index (χ2v) is 10.2. The van der Waals surface area contributed by atoms with E-state index in [-0.39, 0.29) is 29.1 Å². The minimum Gasteiger partial charge on any atom is -0.352 e. The standard InChI is InChI=1S/C23H34FN5OS/c1-14-8-7-9-20(15(14)2)25-22(30)17(4)31-23-27-26-21(16(3)28(5)6)29(23)19-12-10-18(24)11-13-19/h10-17,20H,7-9H2,1-6H3,(H,25,30)/t14-,15-,16-,17-,20-/m1/s1. The number of benzene rings is 1. The maximum atomic E-state index is 13.5. The Hall–Kier alpha value is -1.93. The van der Waals surface area contributed by atoms with Crippen molar-refractivity contribution in [1.82, 2.24) is 25.0 Å². The molecule has 0 radical (unpaired) electrons. The lowest BCUT2D eigenvalue weighted by molar-refractivity contribution is -0.121. The molecule has 1 amide bonds. The van der Waals surface area contributed by atoms with Gasteiger partial charge in [0.25, 0.3) is 0 Å². The van der Waals surface area contributed by atoms with Gasteiger partial charge in [0.15, 0.2) is 11.0 Å². The fourth-order valence-electron chi connectivity index (χ4n) is 3.99. The molecule has 0 bridgehead atoms. The summed E-state index contributed by atoms with van der Waals surface area (Å²) in [6.07, 6.45) is 3.42. The Morgan fingerprint density at radius 1 is 1.19 bits per heavy atom. The predicted molar refractivity (Wildman–Crippen MR) is 123 cm³/mol. The van der Waals surface area contributed by atoms with Crippen molar-refractivity contribution in [2.75, 3.05) is 14.1 Å². The minimum atomic E-state index is -0.324. The first-order chi connectivity index (χ1) is 14.7. The van der Waals surface area contributed by atoms with Crippen LogP contribution in [-0.2, 0) is 4.79 Å². The zero-order valence-corrected chi connectivity index (χ0v) is 20.1. The highest BCUT2D eigenvalue weighted by molar-refractivity contribution is 8.00. The van der Waals surface area contributed by atoms with Gasteiger partial charge in [-0.2, -0.15) is 0 Å². The summed E-state index contributed by atoms with van der Waals surface area (Å²) >= 11 is 1.38. The number of halogens is 1. The van der Waals surface area contributed by atoms with E-state index in [4.69, 9.17) is 0 Å². The molecule has 170 valence electrons. The van der Waals surface area contributed by atoms with E-state index in [1.165, 1.54) is 30.3 Å². The average molecular weight is 448 g/mol. The molecule has 0 unspecified atom stereocenters. The number of carbonyl (C=O) groups excluding carboxylic acids is 1. The van der Waals surface area contributed by atoms with Crippen LogP contribution >= 0.6 is 11.8 Å². The Bertz CT molecular complexity index is 885. The Balaban J connectivity index is 1.81. The van der Waals surface area contributed by atoms with Gasteiger partial charge in [0.05, 0.1) is 11.3 Å². The maximum Gasteiger partial charge on any atom is 0.233 e. The highest BCUT2D eigenvalue weighted by Gasteiger charge is 2.30. The molecule has 1 aromatic carbocycles. The van der Waals surface area contributed by atoms with Gasteiger partial charge in [0.1, 0.15) is 5.82 Å². The molecule has 1 aliphatic rings. The average Bonchev–Trinajstić information content (AvgIpc) is 3.14. The van der Waals surface area contributed by atoms with Gasteiger partial charge >= 0.3 is 0 Å². The lowest BCUT2D eigenvalue weighted by Gasteiger charge is -2.35. The van der Waals surface area contributed by atoms with E-state index >= 15 is 0 Å². The van der Waals surface area contributed by atoms with Crippen molar-refractivity contribution in [3.63, 3.8) is 0 Å². The van der Waals surface area contributed by atoms with Crippen molar-refractivity contribution in [3.8, 4) is 5.69 Å². The number of hydrogen-bond acceptors (Lipinski definition) is 5. The molecular formula is C23H34FN5OS. The topological polar surface area (TPSA) is 63.1 Å². The molecule has 3 rings (SSSR count). The van der Waals surface area contributed by atoms with Gasteiger partial charge in [-0.15, -0.1) is 10.2 Å². The number of amides is 1. The van der Waals surface area contributed by atoms with Crippen LogP contribution in [0.4, 0.5) is 4.39 Å². The molecule has 1 saturated carbocycles. The number of rotatable bonds is 7. The number of hydrogen-bond donors (Lipinski definition) is 1. The molecule has 0 aliphatic heterocycles. The van der Waals surface area contributed by atoms with Gasteiger partial charge in [0.2, 0.25) is 5.91 Å². The predicted octanol–water partition coefficient (Wildman–Crippen LogP) is 4.45. The van der Waals surface area contributed by atoms with Gasteiger partial charge in [-0.1, -0.05) is 38.5 Å². The molecule has 0 spiro atoms. The third-order valence-corrected chi connectivity index (χ3v) is 7.62. The fraction of sp³-hybridized carbons (Fsp3) is 0.609. The number of nitrogens with one attached hydrogen (secondary N) is 1. The Morgan fingerprint density at radius 3 is 2.52 bits per heavy atom. The van der Waals surface area contributed by atoms with Crippen LogP contribution in [0.5, 0.6) is 0 Å². The van der Waals surface area contributed by atoms with Crippen LogP contribution in [0.3, 0.4) is 0 Å². The van der Waals surface area contributed by atoms with Crippen molar-refractivity contribution in [2.24, 2.45) is 11.8 Å². The smallest absolute Gasteiger partial charge is 0.233 e. The maximum absolute atomic E-state index is 13.5. The summed E-state index contributed by atoms with van der Waals surface area (Å²) in [6, 6.07) is 6.50. The summed E-state index contributed by atoms with van der Waals surface area (Å²) in [7, 11) is 3.95. The summed E-state index contributed by atoms with van der Waals surface area (Å²) in [5.41, 5.74) is 0.778. The summed E-state index contributed by atoms with van der Waals surface area (Å²) < 4.78 is 15.4. The molecule has 8 heteroatoms. The molecule has 1 fully saturated rings. The molecule has 1 heterocycles. The first kappa shape index (κ1) is 23.7. The lowest BCUT2D eigenvalue weighted by Crippen LogP contribution is -2.46. The molecular weight excluding hydrogens is 413 g/mol. The van der Waals surface area contributed by atoms with Crippen molar-refractivity contribution >= 4 is 17.7 Å². The van der Waals surface area contributed by atoms with Crippen molar-refractivity contribution < 1.29 is 9.18 Å². The molecule has 5 atom stereocenters. The van der Waals surface area contributed by atoms with E-state index in [0.717, 1.165) is 24.4 Å². The third kappa shape index (κ3) is 5.47. The zero-order valence-electron chi connectivity index (χ0n) is 19.3. The van der Waals surface area contributed by atoms with Crippen LogP contribution in [0.25, 0.3) is 5.69 Å². The van der Waals surface area contributed by atoms with Crippen molar-refractivity contribution in [2.45, 2.75) is 69.4 Å². The molecule has 0 saturated heterocycles. The van der Waals surface area contributed by atoms with E-state index < -0.39 is 0 Å². The monoisotopic (exact) mass is 447 g/mol. The number of carbonyl (C=O) groups is 1. The van der Waals surface area contributed by atoms with Crippen LogP contribution in [-0.4, -0.2) is 51.0 Å². The highest BCUT2D eigenvalue weighted by atomic mass is 32.2. The summed E-state index contributed by atoms with van der Waals surface area (Å²) in [6.45, 7) is 8.43.